The minimum Gasteiger partial charge on any atom is -0.306 e. The van der Waals surface area contributed by atoms with Crippen LogP contribution in [0.15, 0.2) is 24.4 Å². The van der Waals surface area contributed by atoms with E-state index in [1.165, 1.54) is 6.07 Å². The first-order chi connectivity index (χ1) is 8.99. The average molecular weight is 282 g/mol. The number of hydrogen-bond donors (Lipinski definition) is 1. The summed E-state index contributed by atoms with van der Waals surface area (Å²) in [6, 6.07) is 4.69. The van der Waals surface area contributed by atoms with Crippen LogP contribution in [0.5, 0.6) is 0 Å². The molecule has 2 rings (SSSR count). The van der Waals surface area contributed by atoms with Gasteiger partial charge in [0.25, 0.3) is 0 Å². The van der Waals surface area contributed by atoms with Crippen molar-refractivity contribution in [2.45, 2.75) is 26.4 Å². The van der Waals surface area contributed by atoms with Gasteiger partial charge in [-0.1, -0.05) is 11.6 Å². The van der Waals surface area contributed by atoms with E-state index in [0.717, 1.165) is 11.3 Å². The molecule has 0 saturated heterocycles. The Kier molecular flexibility index (Phi) is 4.22. The Morgan fingerprint density at radius 3 is 2.84 bits per heavy atom. The molecule has 0 radical (unpaired) electrons. The van der Waals surface area contributed by atoms with Crippen LogP contribution >= 0.6 is 11.6 Å². The molecule has 1 heterocycles. The second kappa shape index (κ2) is 5.72. The van der Waals surface area contributed by atoms with Gasteiger partial charge in [-0.2, -0.15) is 5.10 Å². The summed E-state index contributed by atoms with van der Waals surface area (Å²) in [5.41, 5.74) is 2.79. The van der Waals surface area contributed by atoms with E-state index in [0.29, 0.717) is 17.1 Å². The summed E-state index contributed by atoms with van der Waals surface area (Å²) in [6.07, 6.45) is 1.83. The van der Waals surface area contributed by atoms with E-state index in [4.69, 9.17) is 11.6 Å². The second-order valence-electron chi connectivity index (χ2n) is 4.65. The summed E-state index contributed by atoms with van der Waals surface area (Å²) in [7, 11) is 1.90. The molecule has 2 aromatic rings. The molecule has 1 aromatic carbocycles. The van der Waals surface area contributed by atoms with E-state index < -0.39 is 0 Å². The van der Waals surface area contributed by atoms with Crippen LogP contribution in [0.3, 0.4) is 0 Å². The Morgan fingerprint density at radius 1 is 1.47 bits per heavy atom. The van der Waals surface area contributed by atoms with E-state index in [9.17, 15) is 4.39 Å². The summed E-state index contributed by atoms with van der Waals surface area (Å²) >= 11 is 5.87. The lowest BCUT2D eigenvalue weighted by molar-refractivity contribution is 0.542. The molecule has 0 aliphatic heterocycles. The average Bonchev–Trinajstić information content (AvgIpc) is 2.71. The SMILES string of the molecule is Cc1c(C(C)NCc2cc(Cl)ccc2F)cnn1C. The van der Waals surface area contributed by atoms with Gasteiger partial charge in [0.05, 0.1) is 6.20 Å². The monoisotopic (exact) mass is 281 g/mol. The first-order valence-corrected chi connectivity index (χ1v) is 6.52. The summed E-state index contributed by atoms with van der Waals surface area (Å²) < 4.78 is 15.4. The Labute approximate surface area is 117 Å². The van der Waals surface area contributed by atoms with Crippen molar-refractivity contribution in [3.63, 3.8) is 0 Å². The van der Waals surface area contributed by atoms with Crippen molar-refractivity contribution in [3.05, 3.63) is 52.1 Å². The predicted molar refractivity (Wildman–Crippen MR) is 74.6 cm³/mol. The lowest BCUT2D eigenvalue weighted by Crippen LogP contribution is -2.19. The van der Waals surface area contributed by atoms with Gasteiger partial charge in [0.1, 0.15) is 5.82 Å². The number of rotatable bonds is 4. The molecule has 102 valence electrons. The molecule has 0 saturated carbocycles. The number of halogens is 2. The maximum absolute atomic E-state index is 13.6. The van der Waals surface area contributed by atoms with E-state index >= 15 is 0 Å². The maximum Gasteiger partial charge on any atom is 0.127 e. The highest BCUT2D eigenvalue weighted by Gasteiger charge is 2.12. The summed E-state index contributed by atoms with van der Waals surface area (Å²) in [6.45, 7) is 4.48. The number of aromatic nitrogens is 2. The third-order valence-corrected chi connectivity index (χ3v) is 3.58. The van der Waals surface area contributed by atoms with Crippen molar-refractivity contribution >= 4 is 11.6 Å². The lowest BCUT2D eigenvalue weighted by Gasteiger charge is -2.14. The van der Waals surface area contributed by atoms with Crippen LogP contribution < -0.4 is 5.32 Å². The largest absolute Gasteiger partial charge is 0.306 e. The number of hydrogen-bond acceptors (Lipinski definition) is 2. The van der Waals surface area contributed by atoms with E-state index in [2.05, 4.69) is 10.4 Å². The smallest absolute Gasteiger partial charge is 0.127 e. The number of nitrogens with zero attached hydrogens (tertiary/aromatic N) is 2. The predicted octanol–water partition coefficient (Wildman–Crippen LogP) is 3.37. The fourth-order valence-corrected chi connectivity index (χ4v) is 2.19. The van der Waals surface area contributed by atoms with Crippen LogP contribution in [0.2, 0.25) is 5.02 Å². The zero-order valence-corrected chi connectivity index (χ0v) is 12.0. The van der Waals surface area contributed by atoms with Crippen molar-refractivity contribution in [2.75, 3.05) is 0 Å². The minimum absolute atomic E-state index is 0.104. The van der Waals surface area contributed by atoms with E-state index in [1.807, 2.05) is 31.8 Å². The van der Waals surface area contributed by atoms with E-state index in [-0.39, 0.29) is 11.9 Å². The first kappa shape index (κ1) is 14.0. The molecule has 1 N–H and O–H groups in total. The van der Waals surface area contributed by atoms with Crippen molar-refractivity contribution in [1.82, 2.24) is 15.1 Å². The molecule has 19 heavy (non-hydrogen) atoms. The quantitative estimate of drug-likeness (QED) is 0.931. The molecule has 0 spiro atoms. The Hall–Kier alpha value is -1.39. The zero-order valence-electron chi connectivity index (χ0n) is 11.2. The van der Waals surface area contributed by atoms with Gasteiger partial charge in [0.15, 0.2) is 0 Å². The summed E-state index contributed by atoms with van der Waals surface area (Å²) in [4.78, 5) is 0. The van der Waals surface area contributed by atoms with Crippen LogP contribution in [0.1, 0.15) is 29.8 Å². The molecule has 0 amide bonds. The zero-order chi connectivity index (χ0) is 14.0. The maximum atomic E-state index is 13.6. The summed E-state index contributed by atoms with van der Waals surface area (Å²) in [5.74, 6) is -0.244. The van der Waals surface area contributed by atoms with Crippen LogP contribution in [0.25, 0.3) is 0 Å². The van der Waals surface area contributed by atoms with E-state index in [1.54, 1.807) is 12.1 Å². The van der Waals surface area contributed by atoms with Crippen molar-refractivity contribution in [3.8, 4) is 0 Å². The molecule has 3 nitrogen and oxygen atoms in total. The standard InChI is InChI=1S/C14H17ClFN3/c1-9(13-8-18-19(3)10(13)2)17-7-11-6-12(15)4-5-14(11)16/h4-6,8-9,17H,7H2,1-3H3. The number of benzene rings is 1. The van der Waals surface area contributed by atoms with Crippen LogP contribution in [0, 0.1) is 12.7 Å². The van der Waals surface area contributed by atoms with Gasteiger partial charge in [-0.05, 0) is 32.0 Å². The Balaban J connectivity index is 2.06. The van der Waals surface area contributed by atoms with Gasteiger partial charge in [-0.15, -0.1) is 0 Å². The first-order valence-electron chi connectivity index (χ1n) is 6.15. The molecular weight excluding hydrogens is 265 g/mol. The third-order valence-electron chi connectivity index (χ3n) is 3.35. The van der Waals surface area contributed by atoms with Gasteiger partial charge < -0.3 is 5.32 Å². The molecule has 1 unspecified atom stereocenters. The highest BCUT2D eigenvalue weighted by molar-refractivity contribution is 6.30. The lowest BCUT2D eigenvalue weighted by atomic mass is 10.1. The third kappa shape index (κ3) is 3.14. The van der Waals surface area contributed by atoms with Gasteiger partial charge in [0, 0.05) is 41.5 Å². The van der Waals surface area contributed by atoms with Crippen LogP contribution in [-0.2, 0) is 13.6 Å². The van der Waals surface area contributed by atoms with Gasteiger partial charge >= 0.3 is 0 Å². The summed E-state index contributed by atoms with van der Waals surface area (Å²) in [5, 5.41) is 8.04. The fraction of sp³-hybridized carbons (Fsp3) is 0.357. The molecule has 0 aliphatic rings. The molecule has 0 aliphatic carbocycles. The van der Waals surface area contributed by atoms with Crippen LogP contribution in [0.4, 0.5) is 4.39 Å². The highest BCUT2D eigenvalue weighted by Crippen LogP contribution is 2.19. The van der Waals surface area contributed by atoms with Gasteiger partial charge in [0.2, 0.25) is 0 Å². The molecule has 1 aromatic heterocycles. The Morgan fingerprint density at radius 2 is 2.21 bits per heavy atom. The van der Waals surface area contributed by atoms with Gasteiger partial charge in [-0.25, -0.2) is 4.39 Å². The number of aryl methyl sites for hydroxylation is 1. The normalized spacial score (nSPS) is 12.7. The molecule has 5 heteroatoms. The van der Waals surface area contributed by atoms with Crippen LogP contribution in [-0.4, -0.2) is 9.78 Å². The molecular formula is C14H17ClFN3. The fourth-order valence-electron chi connectivity index (χ4n) is 1.99. The Bertz CT molecular complexity index is 580. The topological polar surface area (TPSA) is 29.9 Å². The van der Waals surface area contributed by atoms with Gasteiger partial charge in [-0.3, -0.25) is 4.68 Å². The minimum atomic E-state index is -0.244. The molecule has 0 bridgehead atoms. The van der Waals surface area contributed by atoms with Crippen molar-refractivity contribution in [2.24, 2.45) is 7.05 Å². The number of nitrogens with one attached hydrogen (secondary N) is 1. The molecule has 0 fully saturated rings. The highest BCUT2D eigenvalue weighted by atomic mass is 35.5. The second-order valence-corrected chi connectivity index (χ2v) is 5.08. The molecule has 1 atom stereocenters. The van der Waals surface area contributed by atoms with Crippen molar-refractivity contribution < 1.29 is 4.39 Å². The van der Waals surface area contributed by atoms with Crippen molar-refractivity contribution in [1.29, 1.82) is 0 Å².